The van der Waals surface area contributed by atoms with Gasteiger partial charge in [0.1, 0.15) is 0 Å². The molecule has 3 aromatic rings. The van der Waals surface area contributed by atoms with Crippen molar-refractivity contribution in [2.75, 3.05) is 13.9 Å². The number of hydrogen-bond acceptors (Lipinski definition) is 5. The summed E-state index contributed by atoms with van der Waals surface area (Å²) < 4.78 is 12.4. The molecule has 0 N–H and O–H groups in total. The third-order valence-corrected chi connectivity index (χ3v) is 4.92. The quantitative estimate of drug-likeness (QED) is 0.587. The van der Waals surface area contributed by atoms with E-state index in [2.05, 4.69) is 31.2 Å². The second-order valence-electron chi connectivity index (χ2n) is 6.88. The second-order valence-corrected chi connectivity index (χ2v) is 7.74. The SMILES string of the molecule is COCOc1nn(-c2ccccc2)cc1C=Cc1csc(C(C)(C)C)n1. The lowest BCUT2D eigenvalue weighted by atomic mass is 9.98. The fraction of sp³-hybridized carbons (Fsp3) is 0.300. The van der Waals surface area contributed by atoms with Crippen LogP contribution >= 0.6 is 11.3 Å². The maximum atomic E-state index is 5.61. The van der Waals surface area contributed by atoms with Crippen molar-refractivity contribution >= 4 is 23.5 Å². The van der Waals surface area contributed by atoms with Gasteiger partial charge in [-0.05, 0) is 24.3 Å². The Morgan fingerprint density at radius 3 is 2.58 bits per heavy atom. The summed E-state index contributed by atoms with van der Waals surface area (Å²) in [5.74, 6) is 0.526. The third-order valence-electron chi connectivity index (χ3n) is 3.64. The number of nitrogens with zero attached hydrogens (tertiary/aromatic N) is 3. The van der Waals surface area contributed by atoms with Gasteiger partial charge in [-0.3, -0.25) is 0 Å². The van der Waals surface area contributed by atoms with Gasteiger partial charge in [-0.2, -0.15) is 0 Å². The van der Waals surface area contributed by atoms with Gasteiger partial charge in [-0.25, -0.2) is 9.67 Å². The van der Waals surface area contributed by atoms with Crippen LogP contribution in [0.4, 0.5) is 0 Å². The Balaban J connectivity index is 1.88. The number of para-hydroxylation sites is 1. The van der Waals surface area contributed by atoms with Crippen molar-refractivity contribution in [3.8, 4) is 11.6 Å². The first-order chi connectivity index (χ1) is 12.5. The van der Waals surface area contributed by atoms with E-state index < -0.39 is 0 Å². The van der Waals surface area contributed by atoms with Crippen LogP contribution < -0.4 is 4.74 Å². The molecular weight excluding hydrogens is 346 g/mol. The highest BCUT2D eigenvalue weighted by atomic mass is 32.1. The zero-order valence-corrected chi connectivity index (χ0v) is 16.3. The summed E-state index contributed by atoms with van der Waals surface area (Å²) in [6.45, 7) is 6.65. The number of benzene rings is 1. The van der Waals surface area contributed by atoms with E-state index in [0.29, 0.717) is 5.88 Å². The number of aromatic nitrogens is 3. The van der Waals surface area contributed by atoms with Crippen LogP contribution in [0.25, 0.3) is 17.8 Å². The number of rotatable bonds is 6. The van der Waals surface area contributed by atoms with Crippen LogP contribution in [0.5, 0.6) is 5.88 Å². The van der Waals surface area contributed by atoms with Crippen LogP contribution in [0.3, 0.4) is 0 Å². The predicted octanol–water partition coefficient (Wildman–Crippen LogP) is 4.78. The van der Waals surface area contributed by atoms with Crippen LogP contribution in [0, 0.1) is 0 Å². The maximum Gasteiger partial charge on any atom is 0.242 e. The van der Waals surface area contributed by atoms with E-state index in [1.54, 1.807) is 23.1 Å². The summed E-state index contributed by atoms with van der Waals surface area (Å²) in [6, 6.07) is 9.93. The molecule has 0 aliphatic rings. The molecule has 136 valence electrons. The lowest BCUT2D eigenvalue weighted by Gasteiger charge is -2.13. The van der Waals surface area contributed by atoms with Crippen molar-refractivity contribution in [2.45, 2.75) is 26.2 Å². The molecule has 6 heteroatoms. The van der Waals surface area contributed by atoms with Gasteiger partial charge in [0.2, 0.25) is 5.88 Å². The van der Waals surface area contributed by atoms with Crippen LogP contribution in [-0.2, 0) is 10.2 Å². The Kier molecular flexibility index (Phi) is 5.54. The lowest BCUT2D eigenvalue weighted by Crippen LogP contribution is -2.10. The summed E-state index contributed by atoms with van der Waals surface area (Å²) in [6.07, 6.45) is 5.89. The molecule has 0 bridgehead atoms. The summed E-state index contributed by atoms with van der Waals surface area (Å²) in [7, 11) is 1.59. The van der Waals surface area contributed by atoms with Crippen molar-refractivity contribution in [1.82, 2.24) is 14.8 Å². The fourth-order valence-electron chi connectivity index (χ4n) is 2.31. The molecule has 0 saturated carbocycles. The Hall–Kier alpha value is -2.44. The van der Waals surface area contributed by atoms with Crippen LogP contribution in [-0.4, -0.2) is 28.7 Å². The maximum absolute atomic E-state index is 5.61. The normalized spacial score (nSPS) is 12.0. The van der Waals surface area contributed by atoms with Crippen LogP contribution in [0.15, 0.2) is 41.9 Å². The van der Waals surface area contributed by atoms with Crippen LogP contribution in [0.2, 0.25) is 0 Å². The van der Waals surface area contributed by atoms with Crippen molar-refractivity contribution in [2.24, 2.45) is 0 Å². The van der Waals surface area contributed by atoms with Gasteiger partial charge in [0, 0.05) is 24.1 Å². The van der Waals surface area contributed by atoms with Crippen molar-refractivity contribution < 1.29 is 9.47 Å². The standard InChI is InChI=1S/C20H23N3O2S/c1-20(2,3)19-21-16(13-26-19)11-10-15-12-23(17-8-6-5-7-9-17)22-18(15)25-14-24-4/h5-13H,14H2,1-4H3. The highest BCUT2D eigenvalue weighted by Crippen LogP contribution is 2.27. The number of ether oxygens (including phenoxy) is 2. The summed E-state index contributed by atoms with van der Waals surface area (Å²) in [5.41, 5.74) is 2.83. The molecule has 0 aliphatic carbocycles. The highest BCUT2D eigenvalue weighted by Gasteiger charge is 2.17. The summed E-state index contributed by atoms with van der Waals surface area (Å²) >= 11 is 1.68. The zero-order valence-electron chi connectivity index (χ0n) is 15.5. The Morgan fingerprint density at radius 1 is 1.15 bits per heavy atom. The molecule has 2 heterocycles. The minimum absolute atomic E-state index is 0.0572. The van der Waals surface area contributed by atoms with Gasteiger partial charge in [-0.15, -0.1) is 16.4 Å². The molecule has 0 fully saturated rings. The topological polar surface area (TPSA) is 49.2 Å². The number of thiazole rings is 1. The van der Waals surface area contributed by atoms with Crippen molar-refractivity contribution in [3.63, 3.8) is 0 Å². The van der Waals surface area contributed by atoms with Gasteiger partial charge >= 0.3 is 0 Å². The summed E-state index contributed by atoms with van der Waals surface area (Å²) in [4.78, 5) is 4.69. The molecule has 26 heavy (non-hydrogen) atoms. The first kappa shape index (κ1) is 18.4. The average Bonchev–Trinajstić information content (AvgIpc) is 3.25. The largest absolute Gasteiger partial charge is 0.449 e. The molecular formula is C20H23N3O2S. The zero-order chi connectivity index (χ0) is 18.6. The molecule has 0 atom stereocenters. The average molecular weight is 369 g/mol. The Morgan fingerprint density at radius 2 is 1.92 bits per heavy atom. The van der Waals surface area contributed by atoms with Crippen molar-refractivity contribution in [3.05, 3.63) is 58.2 Å². The molecule has 1 aromatic carbocycles. The van der Waals surface area contributed by atoms with E-state index in [9.17, 15) is 0 Å². The monoisotopic (exact) mass is 369 g/mol. The molecule has 0 spiro atoms. The number of methoxy groups -OCH3 is 1. The molecule has 0 unspecified atom stereocenters. The van der Waals surface area contributed by atoms with Gasteiger partial charge < -0.3 is 9.47 Å². The number of hydrogen-bond donors (Lipinski definition) is 0. The molecule has 0 radical (unpaired) electrons. The van der Waals surface area contributed by atoms with E-state index in [-0.39, 0.29) is 12.2 Å². The molecule has 2 aromatic heterocycles. The van der Waals surface area contributed by atoms with Crippen LogP contribution in [0.1, 0.15) is 37.0 Å². The molecule has 0 saturated heterocycles. The molecule has 0 aliphatic heterocycles. The van der Waals surface area contributed by atoms with Gasteiger partial charge in [0.15, 0.2) is 6.79 Å². The first-order valence-electron chi connectivity index (χ1n) is 8.38. The third kappa shape index (κ3) is 4.39. The molecule has 5 nitrogen and oxygen atoms in total. The minimum Gasteiger partial charge on any atom is -0.449 e. The van der Waals surface area contributed by atoms with Gasteiger partial charge in [0.05, 0.1) is 22.0 Å². The fourth-order valence-corrected chi connectivity index (χ4v) is 3.18. The van der Waals surface area contributed by atoms with E-state index in [1.165, 1.54) is 0 Å². The first-order valence-corrected chi connectivity index (χ1v) is 9.26. The second kappa shape index (κ2) is 7.85. The van der Waals surface area contributed by atoms with Gasteiger partial charge in [0.25, 0.3) is 0 Å². The van der Waals surface area contributed by atoms with E-state index in [1.807, 2.05) is 48.7 Å². The minimum atomic E-state index is 0.0572. The van der Waals surface area contributed by atoms with E-state index in [0.717, 1.165) is 22.0 Å². The van der Waals surface area contributed by atoms with Gasteiger partial charge in [-0.1, -0.05) is 39.0 Å². The Bertz CT molecular complexity index is 876. The highest BCUT2D eigenvalue weighted by molar-refractivity contribution is 7.09. The molecule has 3 rings (SSSR count). The molecule has 0 amide bonds. The van der Waals surface area contributed by atoms with E-state index >= 15 is 0 Å². The van der Waals surface area contributed by atoms with Crippen molar-refractivity contribution in [1.29, 1.82) is 0 Å². The van der Waals surface area contributed by atoms with E-state index in [4.69, 9.17) is 14.5 Å². The predicted molar refractivity (Wildman–Crippen MR) is 106 cm³/mol. The smallest absolute Gasteiger partial charge is 0.242 e. The Labute approximate surface area is 157 Å². The lowest BCUT2D eigenvalue weighted by molar-refractivity contribution is 0.0474. The summed E-state index contributed by atoms with van der Waals surface area (Å²) in [5, 5.41) is 7.70.